The van der Waals surface area contributed by atoms with E-state index in [-0.39, 0.29) is 23.3 Å². The molecule has 1 aliphatic rings. The molecule has 0 amide bonds. The van der Waals surface area contributed by atoms with E-state index < -0.39 is 11.9 Å². The molecule has 2 heterocycles. The minimum atomic E-state index is -4.51. The summed E-state index contributed by atoms with van der Waals surface area (Å²) >= 11 is 0. The highest BCUT2D eigenvalue weighted by molar-refractivity contribution is 5.55. The minimum Gasteiger partial charge on any atom is -0.350 e. The summed E-state index contributed by atoms with van der Waals surface area (Å²) in [5, 5.41) is 9.21. The highest BCUT2D eigenvalue weighted by Crippen LogP contribution is 2.32. The van der Waals surface area contributed by atoms with E-state index in [1.54, 1.807) is 0 Å². The molecule has 1 aliphatic heterocycles. The first-order valence-corrected chi connectivity index (χ1v) is 7.17. The molecule has 7 heteroatoms. The lowest BCUT2D eigenvalue weighted by atomic mass is 9.99. The van der Waals surface area contributed by atoms with Gasteiger partial charge < -0.3 is 9.80 Å². The molecular formula is C15H19F3N4. The Morgan fingerprint density at radius 1 is 1.32 bits per heavy atom. The monoisotopic (exact) mass is 312 g/mol. The number of aromatic nitrogens is 1. The fourth-order valence-electron chi connectivity index (χ4n) is 2.70. The molecule has 0 aliphatic carbocycles. The van der Waals surface area contributed by atoms with Gasteiger partial charge >= 0.3 is 6.18 Å². The Labute approximate surface area is 128 Å². The molecule has 120 valence electrons. The number of halogens is 3. The normalized spacial score (nSPS) is 20.3. The van der Waals surface area contributed by atoms with Gasteiger partial charge in [-0.2, -0.15) is 18.4 Å². The molecule has 1 aromatic heterocycles. The number of anilines is 1. The molecule has 4 nitrogen and oxygen atoms in total. The fourth-order valence-corrected chi connectivity index (χ4v) is 2.70. The van der Waals surface area contributed by atoms with E-state index in [4.69, 9.17) is 0 Å². The maximum absolute atomic E-state index is 12.9. The van der Waals surface area contributed by atoms with E-state index in [9.17, 15) is 18.4 Å². The van der Waals surface area contributed by atoms with Gasteiger partial charge in [-0.3, -0.25) is 0 Å². The van der Waals surface area contributed by atoms with Crippen LogP contribution in [-0.2, 0) is 6.18 Å². The second-order valence-corrected chi connectivity index (χ2v) is 5.94. The zero-order valence-electron chi connectivity index (χ0n) is 12.9. The number of alkyl halides is 3. The first-order valence-electron chi connectivity index (χ1n) is 7.17. The third kappa shape index (κ3) is 3.33. The van der Waals surface area contributed by atoms with Crippen LogP contribution in [0.2, 0.25) is 0 Å². The zero-order chi connectivity index (χ0) is 16.5. The molecule has 0 saturated carbocycles. The van der Waals surface area contributed by atoms with Crippen molar-refractivity contribution in [1.29, 1.82) is 5.26 Å². The second kappa shape index (κ2) is 6.13. The lowest BCUT2D eigenvalue weighted by molar-refractivity contribution is -0.141. The summed E-state index contributed by atoms with van der Waals surface area (Å²) in [6, 6.07) is 4.06. The van der Waals surface area contributed by atoms with Crippen molar-refractivity contribution in [3.63, 3.8) is 0 Å². The van der Waals surface area contributed by atoms with Crippen molar-refractivity contribution in [2.45, 2.75) is 26.1 Å². The van der Waals surface area contributed by atoms with Gasteiger partial charge in [0.1, 0.15) is 17.6 Å². The van der Waals surface area contributed by atoms with Crippen LogP contribution in [0, 0.1) is 17.2 Å². The van der Waals surface area contributed by atoms with Crippen LogP contribution in [0.15, 0.2) is 12.1 Å². The molecule has 0 N–H and O–H groups in total. The maximum Gasteiger partial charge on any atom is 0.433 e. The Morgan fingerprint density at radius 3 is 2.55 bits per heavy atom. The van der Waals surface area contributed by atoms with Gasteiger partial charge in [-0.05, 0) is 25.1 Å². The molecule has 0 bridgehead atoms. The fraction of sp³-hybridized carbons (Fsp3) is 0.600. The van der Waals surface area contributed by atoms with Gasteiger partial charge in [0.25, 0.3) is 0 Å². The van der Waals surface area contributed by atoms with Crippen molar-refractivity contribution in [1.82, 2.24) is 9.88 Å². The van der Waals surface area contributed by atoms with E-state index in [0.717, 1.165) is 19.2 Å². The smallest absolute Gasteiger partial charge is 0.350 e. The Morgan fingerprint density at radius 2 is 2.00 bits per heavy atom. The summed E-state index contributed by atoms with van der Waals surface area (Å²) in [7, 11) is 1.98. The third-order valence-corrected chi connectivity index (χ3v) is 3.95. The molecule has 1 saturated heterocycles. The molecule has 0 radical (unpaired) electrons. The maximum atomic E-state index is 12.9. The highest BCUT2D eigenvalue weighted by Gasteiger charge is 2.35. The standard InChI is InChI=1S/C15H19F3N4/c1-10(2)12-9-21(3)6-7-22(12)14-11(8-19)4-5-13(20-14)15(16,17)18/h4-5,10,12H,6-7,9H2,1-3H3. The number of nitrogens with zero attached hydrogens (tertiary/aromatic N) is 4. The summed E-state index contributed by atoms with van der Waals surface area (Å²) in [4.78, 5) is 7.74. The first-order chi connectivity index (χ1) is 10.2. The largest absolute Gasteiger partial charge is 0.433 e. The van der Waals surface area contributed by atoms with Gasteiger partial charge in [-0.1, -0.05) is 13.8 Å². The van der Waals surface area contributed by atoms with Gasteiger partial charge in [0.15, 0.2) is 0 Å². The van der Waals surface area contributed by atoms with Crippen LogP contribution in [-0.4, -0.2) is 42.6 Å². The lowest BCUT2D eigenvalue weighted by Gasteiger charge is -2.43. The van der Waals surface area contributed by atoms with Crippen LogP contribution in [0.25, 0.3) is 0 Å². The van der Waals surface area contributed by atoms with Crippen molar-refractivity contribution >= 4 is 5.82 Å². The summed E-state index contributed by atoms with van der Waals surface area (Å²) in [5.41, 5.74) is -0.772. The SMILES string of the molecule is CC(C)C1CN(C)CCN1c1nc(C(F)(F)F)ccc1C#N. The Bertz CT molecular complexity index is 577. The number of piperazine rings is 1. The van der Waals surface area contributed by atoms with Gasteiger partial charge in [0.05, 0.1) is 5.56 Å². The van der Waals surface area contributed by atoms with Gasteiger partial charge in [-0.25, -0.2) is 4.98 Å². The summed E-state index contributed by atoms with van der Waals surface area (Å²) in [5.74, 6) is 0.384. The molecule has 0 aromatic carbocycles. The predicted molar refractivity (Wildman–Crippen MR) is 77.4 cm³/mol. The van der Waals surface area contributed by atoms with Gasteiger partial charge in [0.2, 0.25) is 0 Å². The molecule has 1 fully saturated rings. The first kappa shape index (κ1) is 16.6. The zero-order valence-corrected chi connectivity index (χ0v) is 12.9. The summed E-state index contributed by atoms with van der Waals surface area (Å²) in [6.07, 6.45) is -4.51. The van der Waals surface area contributed by atoms with Crippen LogP contribution in [0.5, 0.6) is 0 Å². The molecular weight excluding hydrogens is 293 g/mol. The second-order valence-electron chi connectivity index (χ2n) is 5.94. The number of rotatable bonds is 2. The number of pyridine rings is 1. The van der Waals surface area contributed by atoms with Crippen molar-refractivity contribution in [3.05, 3.63) is 23.4 Å². The average Bonchev–Trinajstić information content (AvgIpc) is 2.45. The predicted octanol–water partition coefficient (Wildman–Crippen LogP) is 2.75. The van der Waals surface area contributed by atoms with Crippen molar-refractivity contribution in [2.24, 2.45) is 5.92 Å². The number of hydrogen-bond donors (Lipinski definition) is 0. The minimum absolute atomic E-state index is 0.0295. The van der Waals surface area contributed by atoms with Crippen LogP contribution < -0.4 is 4.90 Å². The van der Waals surface area contributed by atoms with Gasteiger partial charge in [0, 0.05) is 25.7 Å². The number of hydrogen-bond acceptors (Lipinski definition) is 4. The van der Waals surface area contributed by atoms with Crippen molar-refractivity contribution < 1.29 is 13.2 Å². The lowest BCUT2D eigenvalue weighted by Crippen LogP contribution is -2.54. The molecule has 0 spiro atoms. The van der Waals surface area contributed by atoms with Crippen LogP contribution in [0.4, 0.5) is 19.0 Å². The van der Waals surface area contributed by atoms with E-state index >= 15 is 0 Å². The van der Waals surface area contributed by atoms with E-state index in [0.29, 0.717) is 6.54 Å². The molecule has 1 atom stereocenters. The number of likely N-dealkylation sites (N-methyl/N-ethyl adjacent to an activating group) is 1. The molecule has 2 rings (SSSR count). The van der Waals surface area contributed by atoms with E-state index in [1.165, 1.54) is 6.07 Å². The highest BCUT2D eigenvalue weighted by atomic mass is 19.4. The number of nitriles is 1. The summed E-state index contributed by atoms with van der Waals surface area (Å²) < 4.78 is 38.7. The Balaban J connectivity index is 2.47. The van der Waals surface area contributed by atoms with Crippen LogP contribution in [0.1, 0.15) is 25.1 Å². The van der Waals surface area contributed by atoms with E-state index in [1.807, 2.05) is 31.9 Å². The van der Waals surface area contributed by atoms with Crippen molar-refractivity contribution in [3.8, 4) is 6.07 Å². The van der Waals surface area contributed by atoms with Crippen molar-refractivity contribution in [2.75, 3.05) is 31.6 Å². The quantitative estimate of drug-likeness (QED) is 0.842. The Hall–Kier alpha value is -1.81. The molecule has 1 unspecified atom stereocenters. The molecule has 22 heavy (non-hydrogen) atoms. The molecule has 1 aromatic rings. The topological polar surface area (TPSA) is 43.2 Å². The van der Waals surface area contributed by atoms with Crippen LogP contribution in [0.3, 0.4) is 0 Å². The van der Waals surface area contributed by atoms with E-state index in [2.05, 4.69) is 9.88 Å². The summed E-state index contributed by atoms with van der Waals surface area (Å²) in [6.45, 7) is 6.07. The van der Waals surface area contributed by atoms with Gasteiger partial charge in [-0.15, -0.1) is 0 Å². The van der Waals surface area contributed by atoms with Crippen LogP contribution >= 0.6 is 0 Å². The average molecular weight is 312 g/mol. The third-order valence-electron chi connectivity index (χ3n) is 3.95. The Kier molecular flexibility index (Phi) is 4.61.